The number of aromatic amines is 2. The number of hydrogen-bond donors (Lipinski definition) is 6. The van der Waals surface area contributed by atoms with E-state index in [1.807, 2.05) is 17.3 Å². The third-order valence-corrected chi connectivity index (χ3v) is 12.9. The molecule has 0 atom stereocenters. The van der Waals surface area contributed by atoms with E-state index < -0.39 is 82.1 Å². The molecule has 0 spiro atoms. The van der Waals surface area contributed by atoms with Crippen molar-refractivity contribution in [1.29, 1.82) is 0 Å². The summed E-state index contributed by atoms with van der Waals surface area (Å²) in [6.45, 7) is 0. The van der Waals surface area contributed by atoms with E-state index in [1.54, 1.807) is 60.7 Å². The first-order chi connectivity index (χ1) is 27.3. The molecule has 300 valence electrons. The summed E-state index contributed by atoms with van der Waals surface area (Å²) in [5.74, 6) is -0.428. The van der Waals surface area contributed by atoms with Gasteiger partial charge in [0.1, 0.15) is 42.2 Å². The van der Waals surface area contributed by atoms with Gasteiger partial charge in [0, 0.05) is 33.0 Å². The molecule has 0 fully saturated rings. The van der Waals surface area contributed by atoms with Gasteiger partial charge in [0.15, 0.2) is 23.3 Å². The average Bonchev–Trinajstić information content (AvgIpc) is 3.89. The number of rotatable bonds is 4. The van der Waals surface area contributed by atoms with Crippen molar-refractivity contribution < 1.29 is 69.2 Å². The van der Waals surface area contributed by atoms with Crippen LogP contribution in [0.1, 0.15) is 0 Å². The average molecular weight is 997 g/mol. The Kier molecular flexibility index (Phi) is 10.9. The van der Waals surface area contributed by atoms with Gasteiger partial charge in [0.05, 0.1) is 10.8 Å². The quantitative estimate of drug-likeness (QED) is 0.108. The second kappa shape index (κ2) is 15.1. The number of aromatic nitrogens is 8. The first-order valence-electron chi connectivity index (χ1n) is 15.7. The van der Waals surface area contributed by atoms with E-state index in [4.69, 9.17) is 9.97 Å². The summed E-state index contributed by atoms with van der Waals surface area (Å²) in [6.07, 6.45) is 0. The van der Waals surface area contributed by atoms with E-state index in [-0.39, 0.29) is 64.0 Å². The molecule has 0 saturated heterocycles. The Balaban J connectivity index is 0.00000173. The van der Waals surface area contributed by atoms with Crippen LogP contribution in [0, 0.1) is 0 Å². The summed E-state index contributed by atoms with van der Waals surface area (Å²) in [6, 6.07) is 19.9. The number of H-pyrrole nitrogens is 2. The summed E-state index contributed by atoms with van der Waals surface area (Å²) >= 11 is 2.02. The molecule has 2 aliphatic rings. The zero-order valence-corrected chi connectivity index (χ0v) is 33.7. The molecular formula is C32H19ClN8NaO12RhS4. The van der Waals surface area contributed by atoms with Gasteiger partial charge in [-0.15, -0.1) is 0 Å². The maximum absolute atomic E-state index is 13.2. The first kappa shape index (κ1) is 42.9. The summed E-state index contributed by atoms with van der Waals surface area (Å²) in [7, 11) is -20.1. The van der Waals surface area contributed by atoms with Crippen LogP contribution in [-0.4, -0.2) is 121 Å². The van der Waals surface area contributed by atoms with Gasteiger partial charge in [-0.1, -0.05) is 72.8 Å². The van der Waals surface area contributed by atoms with Crippen LogP contribution >= 0.6 is 9.69 Å². The standard InChI is InChI=1S/C32H18N8O12S4.ClH.Na.Rh.H/c41-53(42,43)21-19-20(22(54(44,45)46)24(56(50,51)52)23(21)55(47,48)49)32-39-30-18-12-6-4-10-16(18)28(37-30)35-26-14-8-2-1-7-13(14)25(33-26)34-27-15-9-3-5-11-17(15)29(36-27)38-31(19)40-32;;;;/h1-12H,(H,41,42,43)(H,44,45,46)(H,47,48,49)(H,50,51,52)(H2,33,34,35,36,37,38,39,40);1H;;;/q;;;+1;/p-1. The van der Waals surface area contributed by atoms with Crippen LogP contribution in [0.25, 0.3) is 89.7 Å². The van der Waals surface area contributed by atoms with Gasteiger partial charge >= 0.3 is 56.6 Å². The van der Waals surface area contributed by atoms with E-state index in [1.165, 1.54) is 12.1 Å². The van der Waals surface area contributed by atoms with Gasteiger partial charge < -0.3 is 9.97 Å². The normalized spacial score (nSPS) is 12.7. The molecular weight excluding hydrogens is 978 g/mol. The molecule has 27 heteroatoms. The van der Waals surface area contributed by atoms with E-state index in [0.29, 0.717) is 33.2 Å². The van der Waals surface area contributed by atoms with Gasteiger partial charge in [-0.05, 0) is 0 Å². The minimum atomic E-state index is -6.24. The van der Waals surface area contributed by atoms with Crippen molar-refractivity contribution in [3.05, 3.63) is 72.8 Å². The van der Waals surface area contributed by atoms with E-state index in [2.05, 4.69) is 39.6 Å². The van der Waals surface area contributed by atoms with Crippen LogP contribution in [0.15, 0.2) is 92.4 Å². The number of hydrogen-bond acceptors (Lipinski definition) is 14. The number of halogens is 1. The van der Waals surface area contributed by atoms with Crippen LogP contribution in [0.5, 0.6) is 0 Å². The van der Waals surface area contributed by atoms with Crippen molar-refractivity contribution in [2.45, 2.75) is 19.6 Å². The van der Waals surface area contributed by atoms with Crippen molar-refractivity contribution in [1.82, 2.24) is 39.9 Å². The van der Waals surface area contributed by atoms with Crippen LogP contribution in [0.4, 0.5) is 0 Å². The summed E-state index contributed by atoms with van der Waals surface area (Å²) < 4.78 is 146. The minimum absolute atomic E-state index is 0. The fourth-order valence-corrected chi connectivity index (χ4v) is 11.7. The summed E-state index contributed by atoms with van der Waals surface area (Å²) in [4.78, 5) is 24.5. The monoisotopic (exact) mass is 996 g/mol. The molecule has 0 amide bonds. The van der Waals surface area contributed by atoms with Crippen molar-refractivity contribution in [3.8, 4) is 45.6 Å². The molecule has 7 aromatic rings. The summed E-state index contributed by atoms with van der Waals surface area (Å²) in [5, 5.41) is -1.17. The van der Waals surface area contributed by atoms with Crippen molar-refractivity contribution in [2.24, 2.45) is 0 Å². The van der Waals surface area contributed by atoms with Crippen LogP contribution < -0.4 is 0 Å². The Morgan fingerprint density at radius 1 is 0.407 bits per heavy atom. The number of benzene rings is 4. The third-order valence-electron chi connectivity index (χ3n) is 8.85. The van der Waals surface area contributed by atoms with Crippen LogP contribution in [0.2, 0.25) is 0 Å². The topological polar surface area (TPSA) is 326 Å². The molecule has 6 N–H and O–H groups in total. The Hall–Kier alpha value is -4.21. The van der Waals surface area contributed by atoms with Gasteiger partial charge in [-0.25, -0.2) is 29.9 Å². The molecule has 8 bridgehead atoms. The van der Waals surface area contributed by atoms with Gasteiger partial charge in [0.2, 0.25) is 0 Å². The molecule has 9 rings (SSSR count). The molecule has 0 saturated carbocycles. The molecule has 0 aliphatic carbocycles. The fourth-order valence-electron chi connectivity index (χ4n) is 6.75. The first-order valence-corrected chi connectivity index (χ1v) is 23.5. The number of nitrogens with one attached hydrogen (secondary N) is 2. The zero-order valence-electron chi connectivity index (χ0n) is 28.0. The Morgan fingerprint density at radius 2 is 0.661 bits per heavy atom. The molecule has 59 heavy (non-hydrogen) atoms. The van der Waals surface area contributed by atoms with E-state index >= 15 is 0 Å². The third kappa shape index (κ3) is 7.28. The van der Waals surface area contributed by atoms with Crippen molar-refractivity contribution >= 4 is 124 Å². The maximum atomic E-state index is 13.2. The van der Waals surface area contributed by atoms with Gasteiger partial charge in [-0.2, -0.15) is 33.7 Å². The Morgan fingerprint density at radius 3 is 0.949 bits per heavy atom. The second-order valence-electron chi connectivity index (χ2n) is 12.2. The van der Waals surface area contributed by atoms with Crippen LogP contribution in [0.3, 0.4) is 0 Å². The van der Waals surface area contributed by atoms with Crippen molar-refractivity contribution in [2.75, 3.05) is 0 Å². The summed E-state index contributed by atoms with van der Waals surface area (Å²) in [5.41, 5.74) is 0.187. The van der Waals surface area contributed by atoms with Gasteiger partial charge in [0.25, 0.3) is 40.5 Å². The molecule has 2 aliphatic heterocycles. The number of nitrogens with zero attached hydrogens (tertiary/aromatic N) is 6. The molecule has 0 radical (unpaired) electrons. The van der Waals surface area contributed by atoms with E-state index in [9.17, 15) is 51.9 Å². The van der Waals surface area contributed by atoms with Crippen LogP contribution in [-0.2, 0) is 57.8 Å². The second-order valence-corrected chi connectivity index (χ2v) is 17.6. The predicted molar refractivity (Wildman–Crippen MR) is 208 cm³/mol. The SMILES string of the molecule is O=S(=O)(O)c1c(S(=O)(=O)O)c(S(=O)(=O)O)c2c3nc4nc(nc5[nH]c(nc6nc(nc([nH]3)c2c1S(=O)(=O)O)-c1ccccc1-6)c1ccccc51)-c1ccccc1-4.[Cl][Rh].[NaH]. The Bertz CT molecular complexity index is 3400. The van der Waals surface area contributed by atoms with E-state index in [0.717, 1.165) is 0 Å². The molecule has 4 aromatic carbocycles. The molecule has 5 heterocycles. The molecule has 0 unspecified atom stereocenters. The fraction of sp³-hybridized carbons (Fsp3) is 0. The molecule has 3 aromatic heterocycles. The Labute approximate surface area is 367 Å². The molecule has 20 nitrogen and oxygen atoms in total. The predicted octanol–water partition coefficient (Wildman–Crippen LogP) is 3.89. The van der Waals surface area contributed by atoms with Crippen molar-refractivity contribution in [3.63, 3.8) is 0 Å². The number of fused-ring (bicyclic) bond motifs is 20. The zero-order chi connectivity index (χ0) is 41.7. The van der Waals surface area contributed by atoms with Gasteiger partial charge in [-0.3, -0.25) is 18.2 Å².